The molecule has 0 nitrogen and oxygen atoms in total. The molecule has 0 amide bonds. The lowest BCUT2D eigenvalue weighted by molar-refractivity contribution is -0.143. The van der Waals surface area contributed by atoms with Crippen molar-refractivity contribution in [2.24, 2.45) is 0 Å². The van der Waals surface area contributed by atoms with Crippen molar-refractivity contribution in [3.05, 3.63) is 87.2 Å². The van der Waals surface area contributed by atoms with Crippen LogP contribution in [0.4, 0.5) is 79.0 Å². The van der Waals surface area contributed by atoms with Crippen molar-refractivity contribution in [3.8, 4) is 0 Å². The van der Waals surface area contributed by atoms with Gasteiger partial charge >= 0.3 is 18.5 Å². The second-order valence-electron chi connectivity index (χ2n) is 7.75. The number of benzene rings is 3. The molecule has 0 N–H and O–H groups in total. The molecule has 0 saturated heterocycles. The number of hydrogen-bond acceptors (Lipinski definition) is 0. The summed E-state index contributed by atoms with van der Waals surface area (Å²) in [7, 11) is 0. The zero-order valence-electron chi connectivity index (χ0n) is 18.1. The fourth-order valence-corrected chi connectivity index (χ4v) is 3.82. The average molecular weight is 608 g/mol. The van der Waals surface area contributed by atoms with Crippen molar-refractivity contribution >= 4 is 23.1 Å². The van der Waals surface area contributed by atoms with Crippen LogP contribution in [0.5, 0.6) is 0 Å². The summed E-state index contributed by atoms with van der Waals surface area (Å²) in [5, 5.41) is 0. The molecule has 0 aliphatic heterocycles. The van der Waals surface area contributed by atoms with Gasteiger partial charge in [0.05, 0.1) is 0 Å². The largest absolute Gasteiger partial charge is 0.422 e. The molecule has 19 heteroatoms. The smallest absolute Gasteiger partial charge is 0.207 e. The van der Waals surface area contributed by atoms with Crippen molar-refractivity contribution in [2.45, 2.75) is 18.5 Å². The first-order valence-electron chi connectivity index (χ1n) is 9.75. The van der Waals surface area contributed by atoms with Gasteiger partial charge in [0.1, 0.15) is 69.0 Å². The Hall–Kier alpha value is -3.54. The molecule has 0 aromatic heterocycles. The van der Waals surface area contributed by atoms with E-state index in [0.29, 0.717) is 0 Å². The molecule has 3 aromatic carbocycles. The first-order valence-corrected chi connectivity index (χ1v) is 9.75. The molecule has 0 saturated carbocycles. The number of hydrogen-bond donors (Lipinski definition) is 0. The fraction of sp³-hybridized carbons (Fsp3) is 0.143. The Morgan fingerprint density at radius 1 is 0.350 bits per heavy atom. The fourth-order valence-electron chi connectivity index (χ4n) is 3.82. The molecule has 0 radical (unpaired) electrons. The lowest BCUT2D eigenvalue weighted by atomic mass is 9.35. The van der Waals surface area contributed by atoms with Crippen molar-refractivity contribution in [3.63, 3.8) is 0 Å². The quantitative estimate of drug-likeness (QED) is 0.235. The van der Waals surface area contributed by atoms with Crippen LogP contribution in [-0.2, 0) is 18.5 Å². The number of rotatable bonds is 3. The summed E-state index contributed by atoms with van der Waals surface area (Å²) >= 11 is 0. The van der Waals surface area contributed by atoms with E-state index in [1.54, 1.807) is 0 Å². The molecule has 0 spiro atoms. The predicted octanol–water partition coefficient (Wildman–Crippen LogP) is 6.51. The van der Waals surface area contributed by atoms with E-state index in [1.165, 1.54) is 0 Å². The molecular formula is C21H3BF18. The molecule has 216 valence electrons. The van der Waals surface area contributed by atoms with Crippen molar-refractivity contribution in [1.82, 2.24) is 0 Å². The third-order valence-electron chi connectivity index (χ3n) is 5.33. The molecule has 0 atom stereocenters. The van der Waals surface area contributed by atoms with Crippen LogP contribution in [0.2, 0.25) is 0 Å². The van der Waals surface area contributed by atoms with Gasteiger partial charge in [-0.15, -0.1) is 0 Å². The summed E-state index contributed by atoms with van der Waals surface area (Å²) in [6.07, 6.45) is -18.6. The molecule has 3 rings (SSSR count). The number of halogens is 18. The molecular weight excluding hydrogens is 605 g/mol. The summed E-state index contributed by atoms with van der Waals surface area (Å²) in [6, 6.07) is -2.74. The zero-order chi connectivity index (χ0) is 30.9. The minimum Gasteiger partial charge on any atom is -0.207 e. The first-order chi connectivity index (χ1) is 18.0. The Kier molecular flexibility index (Phi) is 7.62. The zero-order valence-corrected chi connectivity index (χ0v) is 18.1. The van der Waals surface area contributed by atoms with Gasteiger partial charge in [0.25, 0.3) is 6.71 Å². The van der Waals surface area contributed by atoms with Gasteiger partial charge in [0.2, 0.25) is 0 Å². The van der Waals surface area contributed by atoms with Gasteiger partial charge < -0.3 is 0 Å². The van der Waals surface area contributed by atoms with Crippen LogP contribution in [0, 0.1) is 52.4 Å². The summed E-state index contributed by atoms with van der Waals surface area (Å²) in [5.74, 6) is -26.7. The Labute approximate surface area is 208 Å². The predicted molar refractivity (Wildman–Crippen MR) is 98.6 cm³/mol. The van der Waals surface area contributed by atoms with E-state index in [1.807, 2.05) is 0 Å². The van der Waals surface area contributed by atoms with Gasteiger partial charge in [-0.25, -0.2) is 39.5 Å². The monoisotopic (exact) mass is 608 g/mol. The molecule has 0 aliphatic rings. The standard InChI is InChI=1S/C21H3BF18/c23-4-1-7(26)13(16(29)10(4)19(32,33)34)22(14-8(27)2-5(24)11(17(14)30)20(35,36)37)15-9(28)3-6(25)12(18(15)31)21(38,39)40/h1-3H. The third-order valence-corrected chi connectivity index (χ3v) is 5.33. The van der Waals surface area contributed by atoms with Crippen molar-refractivity contribution in [2.75, 3.05) is 0 Å². The lowest BCUT2D eigenvalue weighted by Crippen LogP contribution is -2.60. The molecule has 0 heterocycles. The van der Waals surface area contributed by atoms with Gasteiger partial charge in [0.15, 0.2) is 0 Å². The van der Waals surface area contributed by atoms with Crippen molar-refractivity contribution < 1.29 is 79.0 Å². The maximum atomic E-state index is 15.0. The molecule has 0 bridgehead atoms. The van der Waals surface area contributed by atoms with E-state index in [4.69, 9.17) is 0 Å². The van der Waals surface area contributed by atoms with Crippen LogP contribution < -0.4 is 16.4 Å². The Morgan fingerprint density at radius 3 is 0.725 bits per heavy atom. The highest BCUT2D eigenvalue weighted by Crippen LogP contribution is 2.37. The highest BCUT2D eigenvalue weighted by molar-refractivity contribution is 6.95. The van der Waals surface area contributed by atoms with Crippen LogP contribution in [0.25, 0.3) is 0 Å². The van der Waals surface area contributed by atoms with E-state index in [-0.39, 0.29) is 0 Å². The Bertz CT molecular complexity index is 1320. The van der Waals surface area contributed by atoms with Crippen molar-refractivity contribution in [1.29, 1.82) is 0 Å². The second-order valence-corrected chi connectivity index (χ2v) is 7.75. The van der Waals surface area contributed by atoms with E-state index in [9.17, 15) is 79.0 Å². The highest BCUT2D eigenvalue weighted by Gasteiger charge is 2.49. The van der Waals surface area contributed by atoms with Crippen LogP contribution in [0.15, 0.2) is 18.2 Å². The molecule has 40 heavy (non-hydrogen) atoms. The van der Waals surface area contributed by atoms with E-state index >= 15 is 0 Å². The van der Waals surface area contributed by atoms with Crippen LogP contribution in [-0.4, -0.2) is 6.71 Å². The summed E-state index contributed by atoms with van der Waals surface area (Å²) in [5.41, 5.74) is -17.7. The highest BCUT2D eigenvalue weighted by atomic mass is 19.4. The van der Waals surface area contributed by atoms with E-state index in [2.05, 4.69) is 0 Å². The van der Waals surface area contributed by atoms with Crippen LogP contribution in [0.1, 0.15) is 16.7 Å². The lowest BCUT2D eigenvalue weighted by Gasteiger charge is -2.24. The maximum Gasteiger partial charge on any atom is 0.422 e. The average Bonchev–Trinajstić information content (AvgIpc) is 2.68. The molecule has 0 unspecified atom stereocenters. The van der Waals surface area contributed by atoms with Gasteiger partial charge in [0, 0.05) is 34.6 Å². The molecule has 0 fully saturated rings. The number of alkyl halides is 9. The van der Waals surface area contributed by atoms with Gasteiger partial charge in [-0.3, -0.25) is 0 Å². The maximum absolute atomic E-state index is 15.0. The SMILES string of the molecule is Fc1cc(F)c(C(F)(F)F)c(F)c1B(c1c(F)cc(F)c(C(F)(F)F)c1F)c1c(F)cc(F)c(C(F)(F)F)c1F. The molecule has 0 aliphatic carbocycles. The topological polar surface area (TPSA) is 0 Å². The van der Waals surface area contributed by atoms with Crippen LogP contribution >= 0.6 is 0 Å². The van der Waals surface area contributed by atoms with Gasteiger partial charge in [-0.05, 0) is 0 Å². The normalized spacial score (nSPS) is 12.8. The van der Waals surface area contributed by atoms with E-state index in [0.717, 1.165) is 0 Å². The van der Waals surface area contributed by atoms with Crippen LogP contribution in [0.3, 0.4) is 0 Å². The van der Waals surface area contributed by atoms with Gasteiger partial charge in [-0.2, -0.15) is 39.5 Å². The Morgan fingerprint density at radius 2 is 0.550 bits per heavy atom. The minimum absolute atomic E-state index is 0.914. The van der Waals surface area contributed by atoms with E-state index < -0.39 is 129 Å². The second kappa shape index (κ2) is 9.83. The first kappa shape index (κ1) is 31.0. The summed E-state index contributed by atoms with van der Waals surface area (Å²) in [6.45, 7) is -4.08. The minimum atomic E-state index is -6.20. The summed E-state index contributed by atoms with van der Waals surface area (Å²) < 4.78 is 250. The third kappa shape index (κ3) is 5.16. The summed E-state index contributed by atoms with van der Waals surface area (Å²) in [4.78, 5) is 0. The van der Waals surface area contributed by atoms with Gasteiger partial charge in [-0.1, -0.05) is 0 Å². The molecule has 3 aromatic rings. The Balaban J connectivity index is 2.70.